The minimum Gasteiger partial charge on any atom is -0.492 e. The molecule has 2 aromatic rings. The SMILES string of the molecule is CC(C)(C)OC(=O)NCCNC1=CC2=C(O)N(c3ccc(Cl)cc3)[N]N2c2ccccc21.O. The molecule has 0 aliphatic carbocycles. The van der Waals surface area contributed by atoms with Crippen molar-refractivity contribution in [2.75, 3.05) is 23.1 Å². The van der Waals surface area contributed by atoms with Gasteiger partial charge < -0.3 is 26.0 Å². The second-order valence-corrected chi connectivity index (χ2v) is 8.77. The number of anilines is 2. The van der Waals surface area contributed by atoms with Crippen LogP contribution in [-0.2, 0) is 4.74 Å². The van der Waals surface area contributed by atoms with E-state index < -0.39 is 11.7 Å². The van der Waals surface area contributed by atoms with Crippen molar-refractivity contribution < 1.29 is 20.1 Å². The first-order valence-electron chi connectivity index (χ1n) is 10.3. The van der Waals surface area contributed by atoms with E-state index in [1.165, 1.54) is 5.01 Å². The lowest BCUT2D eigenvalue weighted by Gasteiger charge is -2.27. The van der Waals surface area contributed by atoms with Crippen LogP contribution in [-0.4, -0.2) is 35.4 Å². The predicted octanol–water partition coefficient (Wildman–Crippen LogP) is 3.47. The number of nitrogens with one attached hydrogen (secondary N) is 2. The molecule has 33 heavy (non-hydrogen) atoms. The number of para-hydroxylation sites is 1. The maximum atomic E-state index is 11.8. The normalized spacial score (nSPS) is 14.7. The van der Waals surface area contributed by atoms with Gasteiger partial charge in [0.05, 0.1) is 11.4 Å². The van der Waals surface area contributed by atoms with Gasteiger partial charge in [-0.3, -0.25) is 0 Å². The smallest absolute Gasteiger partial charge is 0.407 e. The van der Waals surface area contributed by atoms with E-state index in [1.807, 2.05) is 51.1 Å². The van der Waals surface area contributed by atoms with Gasteiger partial charge in [0.1, 0.15) is 11.3 Å². The van der Waals surface area contributed by atoms with Gasteiger partial charge in [0, 0.05) is 29.4 Å². The molecule has 9 nitrogen and oxygen atoms in total. The number of carbonyl (C=O) groups excluding carboxylic acids is 1. The summed E-state index contributed by atoms with van der Waals surface area (Å²) in [6, 6.07) is 14.8. The van der Waals surface area contributed by atoms with Crippen LogP contribution in [0.5, 0.6) is 0 Å². The predicted molar refractivity (Wildman–Crippen MR) is 128 cm³/mol. The molecule has 2 aromatic carbocycles. The first-order chi connectivity index (χ1) is 15.2. The maximum Gasteiger partial charge on any atom is 0.407 e. The van der Waals surface area contributed by atoms with Gasteiger partial charge in [-0.25, -0.2) is 14.8 Å². The molecule has 0 bridgehead atoms. The number of fused-ring (bicyclic) bond motifs is 3. The lowest BCUT2D eigenvalue weighted by molar-refractivity contribution is 0.0529. The standard InChI is InChI=1S/C23H25ClN5O3.H2O/c1-23(2,3)32-22(31)26-13-12-25-18-14-20-21(30)28(16-10-8-15(24)9-11-16)27-29(20)19-7-5-4-6-17(18)19;/h4-11,14,25,30H,12-13H2,1-3H3,(H,26,31);1H2. The van der Waals surface area contributed by atoms with Gasteiger partial charge in [-0.15, -0.1) is 0 Å². The van der Waals surface area contributed by atoms with E-state index in [0.717, 1.165) is 16.9 Å². The zero-order chi connectivity index (χ0) is 22.9. The molecule has 2 aliphatic rings. The van der Waals surface area contributed by atoms with E-state index in [9.17, 15) is 9.90 Å². The van der Waals surface area contributed by atoms with Gasteiger partial charge in [-0.1, -0.05) is 29.8 Å². The summed E-state index contributed by atoms with van der Waals surface area (Å²) in [5, 5.41) is 20.7. The Balaban J connectivity index is 0.00000306. The van der Waals surface area contributed by atoms with E-state index in [4.69, 9.17) is 16.3 Å². The number of rotatable bonds is 5. The van der Waals surface area contributed by atoms with E-state index in [2.05, 4.69) is 16.2 Å². The molecule has 2 heterocycles. The Morgan fingerprint density at radius 2 is 1.79 bits per heavy atom. The molecule has 0 saturated heterocycles. The van der Waals surface area contributed by atoms with Crippen molar-refractivity contribution in [1.29, 1.82) is 0 Å². The van der Waals surface area contributed by atoms with Crippen LogP contribution in [0, 0.1) is 0 Å². The first-order valence-corrected chi connectivity index (χ1v) is 10.6. The van der Waals surface area contributed by atoms with Crippen molar-refractivity contribution in [3.8, 4) is 0 Å². The van der Waals surface area contributed by atoms with Gasteiger partial charge in [-0.2, -0.15) is 0 Å². The molecule has 175 valence electrons. The molecule has 2 aliphatic heterocycles. The monoisotopic (exact) mass is 472 g/mol. The second-order valence-electron chi connectivity index (χ2n) is 8.33. The van der Waals surface area contributed by atoms with E-state index in [1.54, 1.807) is 29.3 Å². The van der Waals surface area contributed by atoms with Crippen LogP contribution in [0.25, 0.3) is 5.70 Å². The number of carbonyl (C=O) groups is 1. The molecule has 0 saturated carbocycles. The lowest BCUT2D eigenvalue weighted by Crippen LogP contribution is -2.38. The minimum atomic E-state index is -0.544. The Labute approximate surface area is 197 Å². The zero-order valence-corrected chi connectivity index (χ0v) is 19.3. The number of hydrogen-bond acceptors (Lipinski definition) is 6. The van der Waals surface area contributed by atoms with Gasteiger partial charge >= 0.3 is 6.09 Å². The van der Waals surface area contributed by atoms with Crippen molar-refractivity contribution in [3.05, 3.63) is 76.8 Å². The number of aliphatic hydroxyl groups is 1. The molecular weight excluding hydrogens is 446 g/mol. The average Bonchev–Trinajstić information content (AvgIpc) is 3.07. The summed E-state index contributed by atoms with van der Waals surface area (Å²) < 4.78 is 5.25. The van der Waals surface area contributed by atoms with Crippen molar-refractivity contribution >= 4 is 34.8 Å². The van der Waals surface area contributed by atoms with Crippen molar-refractivity contribution in [2.24, 2.45) is 0 Å². The van der Waals surface area contributed by atoms with Crippen molar-refractivity contribution in [2.45, 2.75) is 26.4 Å². The Morgan fingerprint density at radius 3 is 2.48 bits per heavy atom. The summed E-state index contributed by atoms with van der Waals surface area (Å²) in [7, 11) is 0. The van der Waals surface area contributed by atoms with Crippen LogP contribution in [0.4, 0.5) is 16.2 Å². The van der Waals surface area contributed by atoms with Crippen molar-refractivity contribution in [1.82, 2.24) is 16.2 Å². The highest BCUT2D eigenvalue weighted by Gasteiger charge is 2.36. The maximum absolute atomic E-state index is 11.8. The second kappa shape index (κ2) is 9.62. The fourth-order valence-corrected chi connectivity index (χ4v) is 3.49. The first kappa shape index (κ1) is 24.2. The molecule has 0 atom stereocenters. The van der Waals surface area contributed by atoms with Crippen LogP contribution < -0.4 is 26.2 Å². The lowest BCUT2D eigenvalue weighted by atomic mass is 10.0. The molecule has 1 amide bonds. The van der Waals surface area contributed by atoms with E-state index >= 15 is 0 Å². The highest BCUT2D eigenvalue weighted by atomic mass is 35.5. The number of amides is 1. The Kier molecular flexibility index (Phi) is 7.06. The molecule has 0 spiro atoms. The van der Waals surface area contributed by atoms with Crippen LogP contribution >= 0.6 is 11.6 Å². The molecule has 5 N–H and O–H groups in total. The quantitative estimate of drug-likeness (QED) is 0.572. The Morgan fingerprint density at radius 1 is 1.09 bits per heavy atom. The Bertz CT molecular complexity index is 1080. The van der Waals surface area contributed by atoms with Gasteiger partial charge in [0.15, 0.2) is 0 Å². The topological polar surface area (TPSA) is 123 Å². The number of benzene rings is 2. The minimum absolute atomic E-state index is 0. The van der Waals surface area contributed by atoms with Crippen LogP contribution in [0.2, 0.25) is 5.02 Å². The summed E-state index contributed by atoms with van der Waals surface area (Å²) >= 11 is 5.99. The third-order valence-electron chi connectivity index (χ3n) is 4.72. The van der Waals surface area contributed by atoms with Crippen LogP contribution in [0.15, 0.2) is 66.2 Å². The van der Waals surface area contributed by atoms with Crippen molar-refractivity contribution in [3.63, 3.8) is 0 Å². The van der Waals surface area contributed by atoms with Crippen LogP contribution in [0.1, 0.15) is 26.3 Å². The fourth-order valence-electron chi connectivity index (χ4n) is 3.37. The molecular formula is C23H27ClN5O4. The molecule has 10 heteroatoms. The largest absolute Gasteiger partial charge is 0.492 e. The number of allylic oxidation sites excluding steroid dienone is 1. The fraction of sp³-hybridized carbons (Fsp3) is 0.261. The van der Waals surface area contributed by atoms with Gasteiger partial charge in [-0.05, 0) is 62.7 Å². The Hall–Kier alpha value is -3.40. The summed E-state index contributed by atoms with van der Waals surface area (Å²) in [4.78, 5) is 11.8. The van der Waals surface area contributed by atoms with Gasteiger partial charge in [0.2, 0.25) is 5.88 Å². The third kappa shape index (κ3) is 5.33. The summed E-state index contributed by atoms with van der Waals surface area (Å²) in [5.41, 5.74) is 7.84. The average molecular weight is 473 g/mol. The zero-order valence-electron chi connectivity index (χ0n) is 18.6. The molecule has 0 unspecified atom stereocenters. The highest BCUT2D eigenvalue weighted by molar-refractivity contribution is 6.30. The number of hydrogen-bond donors (Lipinski definition) is 3. The van der Waals surface area contributed by atoms with E-state index in [-0.39, 0.29) is 11.4 Å². The molecule has 1 radical (unpaired) electrons. The number of nitrogens with zero attached hydrogens (tertiary/aromatic N) is 3. The number of ether oxygens (including phenoxy) is 1. The van der Waals surface area contributed by atoms with Gasteiger partial charge in [0.25, 0.3) is 0 Å². The molecule has 4 rings (SSSR count). The van der Waals surface area contributed by atoms with Crippen LogP contribution in [0.3, 0.4) is 0 Å². The molecule has 0 fully saturated rings. The number of aliphatic hydroxyl groups excluding tert-OH is 1. The van der Waals surface area contributed by atoms with E-state index in [0.29, 0.717) is 29.5 Å². The number of halogens is 1. The summed E-state index contributed by atoms with van der Waals surface area (Å²) in [6.07, 6.45) is 1.38. The third-order valence-corrected chi connectivity index (χ3v) is 4.97. The molecule has 0 aromatic heterocycles. The summed E-state index contributed by atoms with van der Waals surface area (Å²) in [5.74, 6) is 0.00741. The summed E-state index contributed by atoms with van der Waals surface area (Å²) in [6.45, 7) is 6.32. The number of alkyl carbamates (subject to hydrolysis) is 1. The highest BCUT2D eigenvalue weighted by Crippen LogP contribution is 2.39.